The van der Waals surface area contributed by atoms with Crippen LogP contribution in [0.1, 0.15) is 0 Å². The highest BCUT2D eigenvalue weighted by Gasteiger charge is 2.21. The molecule has 0 aliphatic carbocycles. The Hall–Kier alpha value is -1.96. The first-order valence-corrected chi connectivity index (χ1v) is 7.45. The molecule has 0 bridgehead atoms. The van der Waals surface area contributed by atoms with Gasteiger partial charge in [0.25, 0.3) is 5.56 Å². The van der Waals surface area contributed by atoms with Crippen molar-refractivity contribution in [2.75, 3.05) is 36.0 Å². The van der Waals surface area contributed by atoms with Crippen LogP contribution in [0, 0.1) is 0 Å². The molecule has 2 aromatic heterocycles. The number of aryl methyl sites for hydroxylation is 1. The van der Waals surface area contributed by atoms with Crippen LogP contribution in [0.2, 0.25) is 0 Å². The molecule has 0 radical (unpaired) electrons. The highest BCUT2D eigenvalue weighted by molar-refractivity contribution is 9.10. The summed E-state index contributed by atoms with van der Waals surface area (Å²) in [4.78, 5) is 24.7. The largest absolute Gasteiger partial charge is 0.366 e. The average Bonchev–Trinajstić information content (AvgIpc) is 2.54. The van der Waals surface area contributed by atoms with Crippen LogP contribution in [0.15, 0.2) is 33.9 Å². The van der Waals surface area contributed by atoms with E-state index < -0.39 is 0 Å². The molecule has 1 aliphatic rings. The Labute approximate surface area is 130 Å². The lowest BCUT2D eigenvalue weighted by atomic mass is 10.3. The summed E-state index contributed by atoms with van der Waals surface area (Å²) in [7, 11) is 1.64. The van der Waals surface area contributed by atoms with E-state index in [0.717, 1.165) is 37.8 Å². The van der Waals surface area contributed by atoms with Crippen LogP contribution in [0.3, 0.4) is 0 Å². The minimum absolute atomic E-state index is 0.124. The molecule has 0 N–H and O–H groups in total. The molecule has 0 amide bonds. The van der Waals surface area contributed by atoms with Gasteiger partial charge in [0, 0.05) is 45.6 Å². The van der Waals surface area contributed by atoms with Crippen molar-refractivity contribution in [3.8, 4) is 0 Å². The zero-order valence-electron chi connectivity index (χ0n) is 11.6. The van der Waals surface area contributed by atoms with E-state index in [4.69, 9.17) is 0 Å². The van der Waals surface area contributed by atoms with Crippen LogP contribution in [-0.2, 0) is 7.05 Å². The summed E-state index contributed by atoms with van der Waals surface area (Å²) in [6.07, 6.45) is 5.21. The minimum atomic E-state index is -0.124. The second-order valence-electron chi connectivity index (χ2n) is 4.80. The summed E-state index contributed by atoms with van der Waals surface area (Å²) in [5, 5.41) is 4.09. The molecule has 0 unspecified atom stereocenters. The summed E-state index contributed by atoms with van der Waals surface area (Å²) >= 11 is 3.37. The molecule has 1 fully saturated rings. The van der Waals surface area contributed by atoms with E-state index in [-0.39, 0.29) is 5.56 Å². The number of aromatic nitrogens is 4. The molecule has 21 heavy (non-hydrogen) atoms. The maximum atomic E-state index is 11.9. The van der Waals surface area contributed by atoms with Crippen molar-refractivity contribution in [3.63, 3.8) is 0 Å². The highest BCUT2D eigenvalue weighted by Crippen LogP contribution is 2.23. The summed E-state index contributed by atoms with van der Waals surface area (Å²) in [5.74, 6) is 0.748. The summed E-state index contributed by atoms with van der Waals surface area (Å²) in [6, 6.07) is 1.81. The third-order valence-corrected chi connectivity index (χ3v) is 4.26. The van der Waals surface area contributed by atoms with Crippen LogP contribution >= 0.6 is 15.9 Å². The summed E-state index contributed by atoms with van der Waals surface area (Å²) in [6.45, 7) is 3.22. The van der Waals surface area contributed by atoms with Crippen LogP contribution in [0.5, 0.6) is 0 Å². The second kappa shape index (κ2) is 5.80. The lowest BCUT2D eigenvalue weighted by Crippen LogP contribution is -2.47. The van der Waals surface area contributed by atoms with E-state index in [1.165, 1.54) is 4.68 Å². The molecule has 0 saturated carbocycles. The fourth-order valence-electron chi connectivity index (χ4n) is 2.32. The summed E-state index contributed by atoms with van der Waals surface area (Å²) < 4.78 is 1.88. The van der Waals surface area contributed by atoms with Crippen molar-refractivity contribution < 1.29 is 0 Å². The first-order valence-electron chi connectivity index (χ1n) is 6.65. The van der Waals surface area contributed by atoms with Crippen LogP contribution in [0.25, 0.3) is 0 Å². The third-order valence-electron chi connectivity index (χ3n) is 3.52. The van der Waals surface area contributed by atoms with Crippen molar-refractivity contribution in [1.29, 1.82) is 0 Å². The van der Waals surface area contributed by atoms with Gasteiger partial charge in [0.2, 0.25) is 5.95 Å². The molecule has 110 valence electrons. The maximum absolute atomic E-state index is 11.9. The zero-order chi connectivity index (χ0) is 14.8. The van der Waals surface area contributed by atoms with Gasteiger partial charge in [0.1, 0.15) is 4.47 Å². The molecule has 0 atom stereocenters. The van der Waals surface area contributed by atoms with Gasteiger partial charge in [-0.2, -0.15) is 5.10 Å². The highest BCUT2D eigenvalue weighted by atomic mass is 79.9. The van der Waals surface area contributed by atoms with Crippen molar-refractivity contribution >= 4 is 27.6 Å². The zero-order valence-corrected chi connectivity index (χ0v) is 13.2. The number of halogens is 1. The first kappa shape index (κ1) is 14.0. The number of piperazine rings is 1. The Morgan fingerprint density at radius 1 is 1.10 bits per heavy atom. The maximum Gasteiger partial charge on any atom is 0.282 e. The van der Waals surface area contributed by atoms with E-state index in [2.05, 4.69) is 40.8 Å². The van der Waals surface area contributed by atoms with Gasteiger partial charge in [-0.3, -0.25) is 4.79 Å². The van der Waals surface area contributed by atoms with Crippen LogP contribution < -0.4 is 15.4 Å². The normalized spacial score (nSPS) is 15.3. The summed E-state index contributed by atoms with van der Waals surface area (Å²) in [5.41, 5.74) is 0.716. The Bertz CT molecular complexity index is 681. The molecule has 0 aromatic carbocycles. The van der Waals surface area contributed by atoms with Crippen molar-refractivity contribution in [2.45, 2.75) is 0 Å². The van der Waals surface area contributed by atoms with Gasteiger partial charge in [-0.1, -0.05) is 0 Å². The van der Waals surface area contributed by atoms with E-state index in [1.807, 2.05) is 6.07 Å². The standard InChI is InChI=1S/C13H15BrN6O/c1-18-12(21)11(14)10(9-17-18)19-5-7-20(8-6-19)13-15-3-2-4-16-13/h2-4,9H,5-8H2,1H3. The van der Waals surface area contributed by atoms with E-state index in [0.29, 0.717) is 4.47 Å². The molecule has 0 spiro atoms. The van der Waals surface area contributed by atoms with Gasteiger partial charge in [-0.05, 0) is 22.0 Å². The van der Waals surface area contributed by atoms with Gasteiger partial charge in [0.15, 0.2) is 0 Å². The molecular formula is C13H15BrN6O. The fraction of sp³-hybridized carbons (Fsp3) is 0.385. The van der Waals surface area contributed by atoms with Crippen molar-refractivity contribution in [1.82, 2.24) is 19.7 Å². The van der Waals surface area contributed by atoms with Crippen LogP contribution in [0.4, 0.5) is 11.6 Å². The number of hydrogen-bond acceptors (Lipinski definition) is 6. The molecule has 3 heterocycles. The fourth-order valence-corrected chi connectivity index (χ4v) is 2.93. The number of rotatable bonds is 2. The minimum Gasteiger partial charge on any atom is -0.366 e. The third kappa shape index (κ3) is 2.76. The lowest BCUT2D eigenvalue weighted by molar-refractivity contribution is 0.630. The van der Waals surface area contributed by atoms with Gasteiger partial charge in [-0.15, -0.1) is 0 Å². The first-order chi connectivity index (χ1) is 10.2. The van der Waals surface area contributed by atoms with Crippen LogP contribution in [-0.4, -0.2) is 45.9 Å². The van der Waals surface area contributed by atoms with E-state index >= 15 is 0 Å². The van der Waals surface area contributed by atoms with Crippen molar-refractivity contribution in [3.05, 3.63) is 39.5 Å². The van der Waals surface area contributed by atoms with E-state index in [9.17, 15) is 4.79 Å². The second-order valence-corrected chi connectivity index (χ2v) is 5.59. The molecule has 8 heteroatoms. The Morgan fingerprint density at radius 2 is 1.71 bits per heavy atom. The number of hydrogen-bond donors (Lipinski definition) is 0. The molecule has 2 aromatic rings. The topological polar surface area (TPSA) is 67.2 Å². The Balaban J connectivity index is 1.75. The average molecular weight is 351 g/mol. The Kier molecular flexibility index (Phi) is 3.87. The predicted octanol–water partition coefficient (Wildman–Crippen LogP) is 0.659. The SMILES string of the molecule is Cn1ncc(N2CCN(c3ncccn3)CC2)c(Br)c1=O. The molecule has 1 aliphatic heterocycles. The molecule has 7 nitrogen and oxygen atoms in total. The predicted molar refractivity (Wildman–Crippen MR) is 83.6 cm³/mol. The molecular weight excluding hydrogens is 336 g/mol. The molecule has 1 saturated heterocycles. The monoisotopic (exact) mass is 350 g/mol. The van der Waals surface area contributed by atoms with Crippen molar-refractivity contribution in [2.24, 2.45) is 7.05 Å². The van der Waals surface area contributed by atoms with Gasteiger partial charge in [0.05, 0.1) is 11.9 Å². The number of anilines is 2. The van der Waals surface area contributed by atoms with Gasteiger partial charge < -0.3 is 9.80 Å². The quantitative estimate of drug-likeness (QED) is 0.792. The lowest BCUT2D eigenvalue weighted by Gasteiger charge is -2.36. The van der Waals surface area contributed by atoms with E-state index in [1.54, 1.807) is 25.6 Å². The number of nitrogens with zero attached hydrogens (tertiary/aromatic N) is 6. The Morgan fingerprint density at radius 3 is 2.38 bits per heavy atom. The van der Waals surface area contributed by atoms with Gasteiger partial charge >= 0.3 is 0 Å². The van der Waals surface area contributed by atoms with Gasteiger partial charge in [-0.25, -0.2) is 14.6 Å². The smallest absolute Gasteiger partial charge is 0.282 e. The molecule has 3 rings (SSSR count).